The van der Waals surface area contributed by atoms with Crippen LogP contribution in [0.1, 0.15) is 11.1 Å². The third-order valence-corrected chi connectivity index (χ3v) is 2.56. The number of methoxy groups -OCH3 is 1. The van der Waals surface area contributed by atoms with Gasteiger partial charge in [0, 0.05) is 18.2 Å². The van der Waals surface area contributed by atoms with Crippen molar-refractivity contribution < 1.29 is 9.84 Å². The number of nitrogens with two attached hydrogens (primary N) is 1. The summed E-state index contributed by atoms with van der Waals surface area (Å²) in [6.07, 6.45) is 1.89. The Kier molecular flexibility index (Phi) is 3.18. The maximum atomic E-state index is 10.9. The number of rotatable bonds is 3. The van der Waals surface area contributed by atoms with E-state index >= 15 is 0 Å². The molecule has 1 aromatic carbocycles. The quantitative estimate of drug-likeness (QED) is 0.739. The standard InChI is InChI=1S/C12H13N3O3/c1-18-10-3-2-7(5-9(10)16)4-8-6-14-12(17)15-11(8)13/h2-3,5-6,16H,4H2,1H3,(H3,13,14,15,17). The Morgan fingerprint density at radius 1 is 1.50 bits per heavy atom. The summed E-state index contributed by atoms with van der Waals surface area (Å²) in [6.45, 7) is 0. The molecular weight excluding hydrogens is 234 g/mol. The lowest BCUT2D eigenvalue weighted by Gasteiger charge is -2.07. The Morgan fingerprint density at radius 3 is 2.89 bits per heavy atom. The van der Waals surface area contributed by atoms with Gasteiger partial charge in [0.15, 0.2) is 11.5 Å². The molecule has 0 spiro atoms. The number of hydrogen-bond donors (Lipinski definition) is 3. The Morgan fingerprint density at radius 2 is 2.28 bits per heavy atom. The highest BCUT2D eigenvalue weighted by Crippen LogP contribution is 2.27. The number of nitrogen functional groups attached to an aromatic ring is 1. The van der Waals surface area contributed by atoms with Crippen molar-refractivity contribution >= 4 is 5.82 Å². The second-order valence-corrected chi connectivity index (χ2v) is 3.81. The minimum Gasteiger partial charge on any atom is -0.504 e. The topological polar surface area (TPSA) is 101 Å². The number of aromatic nitrogens is 2. The van der Waals surface area contributed by atoms with E-state index < -0.39 is 5.69 Å². The molecule has 0 atom stereocenters. The molecule has 6 nitrogen and oxygen atoms in total. The molecule has 4 N–H and O–H groups in total. The summed E-state index contributed by atoms with van der Waals surface area (Å²) in [6, 6.07) is 5.06. The number of nitrogens with one attached hydrogen (secondary N) is 1. The van der Waals surface area contributed by atoms with Gasteiger partial charge in [0.25, 0.3) is 0 Å². The summed E-state index contributed by atoms with van der Waals surface area (Å²) in [7, 11) is 1.48. The fraction of sp³-hybridized carbons (Fsp3) is 0.167. The molecule has 6 heteroatoms. The van der Waals surface area contributed by atoms with E-state index in [2.05, 4.69) is 9.97 Å². The number of H-pyrrole nitrogens is 1. The molecule has 0 amide bonds. The molecule has 2 rings (SSSR count). The minimum absolute atomic E-state index is 0.0611. The van der Waals surface area contributed by atoms with Gasteiger partial charge in [-0.15, -0.1) is 0 Å². The number of anilines is 1. The van der Waals surface area contributed by atoms with E-state index in [1.807, 2.05) is 6.07 Å². The zero-order valence-corrected chi connectivity index (χ0v) is 9.80. The fourth-order valence-electron chi connectivity index (χ4n) is 1.64. The maximum Gasteiger partial charge on any atom is 0.346 e. The third kappa shape index (κ3) is 2.42. The molecule has 0 fully saturated rings. The second-order valence-electron chi connectivity index (χ2n) is 3.81. The SMILES string of the molecule is COc1ccc(Cc2cnc(=O)[nH]c2N)cc1O. The van der Waals surface area contributed by atoms with Crippen LogP contribution in [0.25, 0.3) is 0 Å². The van der Waals surface area contributed by atoms with E-state index in [1.54, 1.807) is 12.1 Å². The predicted molar refractivity (Wildman–Crippen MR) is 66.7 cm³/mol. The van der Waals surface area contributed by atoms with E-state index in [1.165, 1.54) is 13.3 Å². The van der Waals surface area contributed by atoms with Gasteiger partial charge < -0.3 is 15.6 Å². The number of phenols is 1. The first-order valence-corrected chi connectivity index (χ1v) is 5.29. The summed E-state index contributed by atoms with van der Waals surface area (Å²) in [5.74, 6) is 0.752. The van der Waals surface area contributed by atoms with Gasteiger partial charge in [0.2, 0.25) is 0 Å². The van der Waals surface area contributed by atoms with Crippen LogP contribution in [0.15, 0.2) is 29.2 Å². The van der Waals surface area contributed by atoms with Crippen molar-refractivity contribution in [1.29, 1.82) is 0 Å². The van der Waals surface area contributed by atoms with Crippen molar-refractivity contribution in [3.63, 3.8) is 0 Å². The smallest absolute Gasteiger partial charge is 0.346 e. The van der Waals surface area contributed by atoms with Gasteiger partial charge >= 0.3 is 5.69 Å². The molecule has 0 aliphatic heterocycles. The molecule has 0 aliphatic carbocycles. The van der Waals surface area contributed by atoms with Crippen LogP contribution in [0.3, 0.4) is 0 Å². The van der Waals surface area contributed by atoms with Crippen LogP contribution in [0, 0.1) is 0 Å². The van der Waals surface area contributed by atoms with Gasteiger partial charge in [0.05, 0.1) is 7.11 Å². The van der Waals surface area contributed by atoms with Crippen molar-refractivity contribution in [3.8, 4) is 11.5 Å². The summed E-state index contributed by atoms with van der Waals surface area (Å²) >= 11 is 0. The molecule has 0 unspecified atom stereocenters. The summed E-state index contributed by atoms with van der Waals surface area (Å²) in [5, 5.41) is 9.65. The molecule has 0 aliphatic rings. The zero-order valence-electron chi connectivity index (χ0n) is 9.80. The van der Waals surface area contributed by atoms with Crippen molar-refractivity contribution in [2.24, 2.45) is 0 Å². The number of phenolic OH excluding ortho intramolecular Hbond substituents is 1. The largest absolute Gasteiger partial charge is 0.504 e. The minimum atomic E-state index is -0.478. The van der Waals surface area contributed by atoms with Crippen molar-refractivity contribution in [3.05, 3.63) is 46.0 Å². The Hall–Kier alpha value is -2.50. The van der Waals surface area contributed by atoms with E-state index in [4.69, 9.17) is 10.5 Å². The molecular formula is C12H13N3O3. The van der Waals surface area contributed by atoms with Crippen LogP contribution in [0.5, 0.6) is 11.5 Å². The van der Waals surface area contributed by atoms with Crippen LogP contribution in [0.4, 0.5) is 5.82 Å². The highest BCUT2D eigenvalue weighted by Gasteiger charge is 2.06. The maximum absolute atomic E-state index is 10.9. The Labute approximate surface area is 103 Å². The van der Waals surface area contributed by atoms with Gasteiger partial charge in [-0.25, -0.2) is 9.78 Å². The van der Waals surface area contributed by atoms with Crippen LogP contribution < -0.4 is 16.2 Å². The van der Waals surface area contributed by atoms with Gasteiger partial charge in [-0.2, -0.15) is 0 Å². The first kappa shape index (κ1) is 12.0. The average molecular weight is 247 g/mol. The third-order valence-electron chi connectivity index (χ3n) is 2.56. The van der Waals surface area contributed by atoms with Crippen LogP contribution in [0.2, 0.25) is 0 Å². The van der Waals surface area contributed by atoms with E-state index in [9.17, 15) is 9.90 Å². The predicted octanol–water partition coefficient (Wildman–Crippen LogP) is 0.657. The van der Waals surface area contributed by atoms with Crippen molar-refractivity contribution in [2.75, 3.05) is 12.8 Å². The number of aromatic hydroxyl groups is 1. The van der Waals surface area contributed by atoms with E-state index in [0.29, 0.717) is 17.7 Å². The highest BCUT2D eigenvalue weighted by atomic mass is 16.5. The van der Waals surface area contributed by atoms with E-state index in [0.717, 1.165) is 5.56 Å². The number of hydrogen-bond acceptors (Lipinski definition) is 5. The molecule has 2 aromatic rings. The Balaban J connectivity index is 2.28. The lowest BCUT2D eigenvalue weighted by molar-refractivity contribution is 0.373. The van der Waals surface area contributed by atoms with Crippen LogP contribution >= 0.6 is 0 Å². The normalized spacial score (nSPS) is 10.3. The van der Waals surface area contributed by atoms with Crippen LogP contribution in [-0.2, 0) is 6.42 Å². The Bertz CT molecular complexity index is 622. The summed E-state index contributed by atoms with van der Waals surface area (Å²) in [4.78, 5) is 17.0. The molecule has 18 heavy (non-hydrogen) atoms. The van der Waals surface area contributed by atoms with E-state index in [-0.39, 0.29) is 11.6 Å². The van der Waals surface area contributed by atoms with Crippen molar-refractivity contribution in [2.45, 2.75) is 6.42 Å². The monoisotopic (exact) mass is 247 g/mol. The zero-order chi connectivity index (χ0) is 13.1. The number of nitrogens with zero attached hydrogens (tertiary/aromatic N) is 1. The molecule has 94 valence electrons. The molecule has 0 saturated carbocycles. The first-order valence-electron chi connectivity index (χ1n) is 5.29. The highest BCUT2D eigenvalue weighted by molar-refractivity contribution is 5.45. The van der Waals surface area contributed by atoms with Gasteiger partial charge in [0.1, 0.15) is 5.82 Å². The number of benzene rings is 1. The van der Waals surface area contributed by atoms with Crippen LogP contribution in [-0.4, -0.2) is 22.2 Å². The summed E-state index contributed by atoms with van der Waals surface area (Å²) in [5.41, 5.74) is 6.74. The average Bonchev–Trinajstić information content (AvgIpc) is 2.33. The lowest BCUT2D eigenvalue weighted by atomic mass is 10.1. The first-order chi connectivity index (χ1) is 8.60. The fourth-order valence-corrected chi connectivity index (χ4v) is 1.64. The van der Waals surface area contributed by atoms with Crippen molar-refractivity contribution in [1.82, 2.24) is 9.97 Å². The second kappa shape index (κ2) is 4.79. The molecule has 0 radical (unpaired) electrons. The number of ether oxygens (including phenoxy) is 1. The van der Waals surface area contributed by atoms with Gasteiger partial charge in [-0.1, -0.05) is 6.07 Å². The molecule has 1 heterocycles. The molecule has 0 saturated heterocycles. The lowest BCUT2D eigenvalue weighted by Crippen LogP contribution is -2.14. The van der Waals surface area contributed by atoms with Gasteiger partial charge in [-0.3, -0.25) is 4.98 Å². The van der Waals surface area contributed by atoms with Gasteiger partial charge in [-0.05, 0) is 17.7 Å². The molecule has 1 aromatic heterocycles. The number of aromatic amines is 1. The summed E-state index contributed by atoms with van der Waals surface area (Å²) < 4.78 is 4.96. The molecule has 0 bridgehead atoms.